The molecule has 3 rings (SSSR count). The largest absolute Gasteiger partial charge is 0.423 e. The smallest absolute Gasteiger partial charge is 0.298 e. The lowest BCUT2D eigenvalue weighted by molar-refractivity contribution is 0.561. The summed E-state index contributed by atoms with van der Waals surface area (Å²) in [5.74, 6) is 0.829. The maximum absolute atomic E-state index is 5.77. The predicted molar refractivity (Wildman–Crippen MR) is 69.0 cm³/mol. The van der Waals surface area contributed by atoms with Crippen LogP contribution in [0.25, 0.3) is 11.1 Å². The van der Waals surface area contributed by atoms with Crippen molar-refractivity contribution in [2.24, 2.45) is 5.92 Å². The van der Waals surface area contributed by atoms with Gasteiger partial charge in [0.2, 0.25) is 0 Å². The van der Waals surface area contributed by atoms with E-state index in [4.69, 9.17) is 10.2 Å². The number of benzene rings is 1. The van der Waals surface area contributed by atoms with Crippen LogP contribution in [-0.4, -0.2) is 18.1 Å². The number of fused-ring (bicyclic) bond motifs is 1. The summed E-state index contributed by atoms with van der Waals surface area (Å²) in [6.45, 7) is 4.11. The van der Waals surface area contributed by atoms with Gasteiger partial charge in [-0.1, -0.05) is 0 Å². The minimum atomic E-state index is 0.713. The molecule has 1 aliphatic rings. The van der Waals surface area contributed by atoms with E-state index in [9.17, 15) is 0 Å². The molecule has 1 aromatic carbocycles. The van der Waals surface area contributed by atoms with Crippen molar-refractivity contribution in [2.75, 3.05) is 23.7 Å². The van der Waals surface area contributed by atoms with Crippen molar-refractivity contribution >= 4 is 22.8 Å². The Bertz CT molecular complexity index is 530. The van der Waals surface area contributed by atoms with Gasteiger partial charge in [-0.05, 0) is 37.8 Å². The van der Waals surface area contributed by atoms with Gasteiger partial charge in [0.05, 0.1) is 0 Å². The maximum atomic E-state index is 5.77. The number of anilines is 2. The molecule has 0 saturated heterocycles. The van der Waals surface area contributed by atoms with Crippen molar-refractivity contribution in [3.05, 3.63) is 18.2 Å². The van der Waals surface area contributed by atoms with Crippen molar-refractivity contribution in [3.63, 3.8) is 0 Å². The van der Waals surface area contributed by atoms with Gasteiger partial charge in [0.1, 0.15) is 5.52 Å². The van der Waals surface area contributed by atoms with E-state index in [-0.39, 0.29) is 0 Å². The van der Waals surface area contributed by atoms with E-state index in [0.717, 1.165) is 36.1 Å². The first-order chi connectivity index (χ1) is 8.26. The summed E-state index contributed by atoms with van der Waals surface area (Å²) in [5, 5.41) is 0. The Morgan fingerprint density at radius 2 is 2.29 bits per heavy atom. The normalized spacial score (nSPS) is 15.4. The minimum absolute atomic E-state index is 0.713. The van der Waals surface area contributed by atoms with Gasteiger partial charge in [0.25, 0.3) is 6.01 Å². The van der Waals surface area contributed by atoms with Gasteiger partial charge in [0, 0.05) is 24.8 Å². The molecule has 0 bridgehead atoms. The third-order valence-electron chi connectivity index (χ3n) is 3.23. The molecule has 90 valence electrons. The Kier molecular flexibility index (Phi) is 2.42. The zero-order valence-corrected chi connectivity index (χ0v) is 10.0. The van der Waals surface area contributed by atoms with E-state index in [2.05, 4.69) is 16.8 Å². The number of aromatic nitrogens is 1. The first-order valence-electron chi connectivity index (χ1n) is 6.17. The first-order valence-corrected chi connectivity index (χ1v) is 6.17. The molecule has 2 N–H and O–H groups in total. The van der Waals surface area contributed by atoms with Crippen LogP contribution in [0.5, 0.6) is 0 Å². The first kappa shape index (κ1) is 10.4. The zero-order valence-electron chi connectivity index (χ0n) is 10.0. The van der Waals surface area contributed by atoms with Crippen LogP contribution in [-0.2, 0) is 0 Å². The molecule has 1 heterocycles. The Hall–Kier alpha value is -1.71. The summed E-state index contributed by atoms with van der Waals surface area (Å²) in [4.78, 5) is 6.71. The van der Waals surface area contributed by atoms with Gasteiger partial charge in [-0.25, -0.2) is 0 Å². The van der Waals surface area contributed by atoms with Crippen molar-refractivity contribution in [1.82, 2.24) is 4.98 Å². The summed E-state index contributed by atoms with van der Waals surface area (Å²) in [6.07, 6.45) is 2.67. The Morgan fingerprint density at radius 1 is 1.47 bits per heavy atom. The molecule has 0 aliphatic heterocycles. The second kappa shape index (κ2) is 3.95. The van der Waals surface area contributed by atoms with Gasteiger partial charge in [-0.3, -0.25) is 0 Å². The second-order valence-corrected chi connectivity index (χ2v) is 4.71. The maximum Gasteiger partial charge on any atom is 0.298 e. The van der Waals surface area contributed by atoms with Gasteiger partial charge in [-0.15, -0.1) is 0 Å². The van der Waals surface area contributed by atoms with Crippen LogP contribution in [0.4, 0.5) is 11.7 Å². The summed E-state index contributed by atoms with van der Waals surface area (Å²) < 4.78 is 5.77. The van der Waals surface area contributed by atoms with Gasteiger partial charge >= 0.3 is 0 Å². The molecule has 0 atom stereocenters. The fourth-order valence-electron chi connectivity index (χ4n) is 2.02. The fourth-order valence-corrected chi connectivity index (χ4v) is 2.02. The highest BCUT2D eigenvalue weighted by Gasteiger charge is 2.25. The van der Waals surface area contributed by atoms with Gasteiger partial charge < -0.3 is 15.1 Å². The Labute approximate surface area is 100 Å². The van der Waals surface area contributed by atoms with E-state index in [1.165, 1.54) is 12.8 Å². The molecule has 1 fully saturated rings. The molecule has 1 aliphatic carbocycles. The predicted octanol–water partition coefficient (Wildman–Crippen LogP) is 2.65. The minimum Gasteiger partial charge on any atom is -0.423 e. The molecule has 0 spiro atoms. The third-order valence-corrected chi connectivity index (χ3v) is 3.23. The van der Waals surface area contributed by atoms with Crippen LogP contribution < -0.4 is 10.6 Å². The summed E-state index contributed by atoms with van der Waals surface area (Å²) in [6, 6.07) is 6.31. The highest BCUT2D eigenvalue weighted by molar-refractivity contribution is 5.78. The lowest BCUT2D eigenvalue weighted by atomic mass is 10.3. The number of nitrogens with zero attached hydrogens (tertiary/aromatic N) is 2. The van der Waals surface area contributed by atoms with Crippen LogP contribution >= 0.6 is 0 Å². The number of nitrogen functional groups attached to an aromatic ring is 1. The van der Waals surface area contributed by atoms with Gasteiger partial charge in [-0.2, -0.15) is 4.98 Å². The number of hydrogen-bond donors (Lipinski definition) is 1. The molecule has 1 saturated carbocycles. The van der Waals surface area contributed by atoms with Gasteiger partial charge in [0.15, 0.2) is 5.58 Å². The van der Waals surface area contributed by atoms with Crippen molar-refractivity contribution in [2.45, 2.75) is 19.8 Å². The number of rotatable bonds is 4. The standard InChI is InChI=1S/C13H17N3O/c1-2-16(8-9-3-4-9)13-15-11-6-5-10(14)7-12(11)17-13/h5-7,9H,2-4,8,14H2,1H3. The van der Waals surface area contributed by atoms with E-state index in [0.29, 0.717) is 5.69 Å². The third kappa shape index (κ3) is 2.07. The molecule has 0 amide bonds. The molecular weight excluding hydrogens is 214 g/mol. The second-order valence-electron chi connectivity index (χ2n) is 4.71. The monoisotopic (exact) mass is 231 g/mol. The highest BCUT2D eigenvalue weighted by Crippen LogP contribution is 2.32. The lowest BCUT2D eigenvalue weighted by Crippen LogP contribution is -2.25. The molecule has 1 aromatic heterocycles. The molecule has 17 heavy (non-hydrogen) atoms. The SMILES string of the molecule is CCN(CC1CC1)c1nc2ccc(N)cc2o1. The van der Waals surface area contributed by atoms with Crippen LogP contribution in [0.15, 0.2) is 22.6 Å². The summed E-state index contributed by atoms with van der Waals surface area (Å²) in [7, 11) is 0. The van der Waals surface area contributed by atoms with Crippen LogP contribution in [0, 0.1) is 5.92 Å². The van der Waals surface area contributed by atoms with E-state index >= 15 is 0 Å². The Morgan fingerprint density at radius 3 is 3.00 bits per heavy atom. The summed E-state index contributed by atoms with van der Waals surface area (Å²) >= 11 is 0. The van der Waals surface area contributed by atoms with Crippen LogP contribution in [0.3, 0.4) is 0 Å². The topological polar surface area (TPSA) is 55.3 Å². The lowest BCUT2D eigenvalue weighted by Gasteiger charge is -2.17. The van der Waals surface area contributed by atoms with E-state index in [1.807, 2.05) is 18.2 Å². The molecule has 0 radical (unpaired) electrons. The summed E-state index contributed by atoms with van der Waals surface area (Å²) in [5.41, 5.74) is 8.10. The van der Waals surface area contributed by atoms with Crippen LogP contribution in [0.1, 0.15) is 19.8 Å². The average Bonchev–Trinajstić information content (AvgIpc) is 3.04. The Balaban J connectivity index is 1.92. The van der Waals surface area contributed by atoms with E-state index < -0.39 is 0 Å². The quantitative estimate of drug-likeness (QED) is 0.822. The number of nitrogens with two attached hydrogens (primary N) is 1. The number of hydrogen-bond acceptors (Lipinski definition) is 4. The molecule has 4 nitrogen and oxygen atoms in total. The van der Waals surface area contributed by atoms with Crippen molar-refractivity contribution in [1.29, 1.82) is 0 Å². The molecule has 2 aromatic rings. The highest BCUT2D eigenvalue weighted by atomic mass is 16.4. The average molecular weight is 231 g/mol. The van der Waals surface area contributed by atoms with E-state index in [1.54, 1.807) is 0 Å². The molecular formula is C13H17N3O. The molecule has 0 unspecified atom stereocenters. The zero-order chi connectivity index (χ0) is 11.8. The fraction of sp³-hybridized carbons (Fsp3) is 0.462. The van der Waals surface area contributed by atoms with Crippen molar-refractivity contribution in [3.8, 4) is 0 Å². The van der Waals surface area contributed by atoms with Crippen molar-refractivity contribution < 1.29 is 4.42 Å². The number of oxazole rings is 1. The van der Waals surface area contributed by atoms with Crippen LogP contribution in [0.2, 0.25) is 0 Å². The molecule has 4 heteroatoms.